The maximum atomic E-state index is 13.1. The minimum absolute atomic E-state index is 0.0979. The molecule has 34 heavy (non-hydrogen) atoms. The summed E-state index contributed by atoms with van der Waals surface area (Å²) >= 11 is 0. The largest absolute Gasteiger partial charge is 0.487 e. The van der Waals surface area contributed by atoms with Crippen LogP contribution in [0, 0.1) is 0 Å². The predicted octanol–water partition coefficient (Wildman–Crippen LogP) is 4.63. The molecule has 0 saturated carbocycles. The van der Waals surface area contributed by atoms with Crippen molar-refractivity contribution in [2.45, 2.75) is 38.9 Å². The molecular formula is C25H28N2O6S. The molecule has 8 nitrogen and oxygen atoms in total. The molecule has 1 aliphatic rings. The first kappa shape index (κ1) is 24.0. The second-order valence-electron chi connectivity index (χ2n) is 9.26. The van der Waals surface area contributed by atoms with Gasteiger partial charge in [-0.1, -0.05) is 36.4 Å². The topological polar surface area (TPSA) is 95.0 Å². The van der Waals surface area contributed by atoms with Crippen molar-refractivity contribution in [2.75, 3.05) is 24.3 Å². The molecule has 1 aliphatic heterocycles. The number of amides is 1. The molecule has 4 rings (SSSR count). The lowest BCUT2D eigenvalue weighted by Gasteiger charge is -2.25. The Balaban J connectivity index is 1.78. The van der Waals surface area contributed by atoms with Gasteiger partial charge in [-0.15, -0.1) is 0 Å². The zero-order valence-corrected chi connectivity index (χ0v) is 20.5. The van der Waals surface area contributed by atoms with Crippen molar-refractivity contribution in [1.82, 2.24) is 4.98 Å². The van der Waals surface area contributed by atoms with E-state index in [1.54, 1.807) is 39.1 Å². The van der Waals surface area contributed by atoms with E-state index in [1.807, 2.05) is 36.4 Å². The van der Waals surface area contributed by atoms with E-state index in [0.717, 1.165) is 22.8 Å². The molecular weight excluding hydrogens is 456 g/mol. The van der Waals surface area contributed by atoms with Crippen molar-refractivity contribution in [2.24, 2.45) is 0 Å². The number of benzene rings is 2. The first-order valence-corrected chi connectivity index (χ1v) is 12.8. The Kier molecular flexibility index (Phi) is 6.51. The van der Waals surface area contributed by atoms with Crippen molar-refractivity contribution >= 4 is 32.8 Å². The fourth-order valence-electron chi connectivity index (χ4n) is 3.97. The van der Waals surface area contributed by atoms with Gasteiger partial charge >= 0.3 is 6.09 Å². The summed E-state index contributed by atoms with van der Waals surface area (Å²) in [6.07, 6.45) is 2.16. The summed E-state index contributed by atoms with van der Waals surface area (Å²) in [5.41, 5.74) is 2.32. The Morgan fingerprint density at radius 3 is 2.56 bits per heavy atom. The zero-order valence-electron chi connectivity index (χ0n) is 19.6. The van der Waals surface area contributed by atoms with Crippen LogP contribution >= 0.6 is 0 Å². The number of nitrogens with zero attached hydrogens (tertiary/aromatic N) is 2. The smallest absolute Gasteiger partial charge is 0.414 e. The average Bonchev–Trinajstić information content (AvgIpc) is 3.14. The number of carbonyl (C=O) groups is 1. The van der Waals surface area contributed by atoms with Gasteiger partial charge in [-0.05, 0) is 38.0 Å². The molecule has 0 saturated heterocycles. The third-order valence-electron chi connectivity index (χ3n) is 5.31. The van der Waals surface area contributed by atoms with Crippen LogP contribution in [0.15, 0.2) is 54.7 Å². The average molecular weight is 485 g/mol. The van der Waals surface area contributed by atoms with E-state index >= 15 is 0 Å². The number of pyridine rings is 1. The standard InChI is InChI=1S/C25H28N2O6S/c1-25(2,3)33-24(28)27-14-18(16-32-34(4,29)30)22-19-11-8-12-26-23(19)21(13-20(22)27)31-15-17-9-6-5-7-10-17/h5-13,18H,14-16H2,1-4H3. The summed E-state index contributed by atoms with van der Waals surface area (Å²) in [4.78, 5) is 19.1. The van der Waals surface area contributed by atoms with Gasteiger partial charge in [0.15, 0.2) is 0 Å². The van der Waals surface area contributed by atoms with Gasteiger partial charge in [0.1, 0.15) is 23.5 Å². The van der Waals surface area contributed by atoms with Crippen LogP contribution in [0.1, 0.15) is 37.8 Å². The van der Waals surface area contributed by atoms with E-state index < -0.39 is 21.8 Å². The summed E-state index contributed by atoms with van der Waals surface area (Å²) < 4.78 is 40.3. The second-order valence-corrected chi connectivity index (χ2v) is 10.9. The highest BCUT2D eigenvalue weighted by Gasteiger charge is 2.38. The SMILES string of the molecule is CC(C)(C)OC(=O)N1CC(COS(C)(=O)=O)c2c1cc(OCc1ccccc1)c1ncccc21. The van der Waals surface area contributed by atoms with Crippen LogP contribution in [0.4, 0.5) is 10.5 Å². The highest BCUT2D eigenvalue weighted by molar-refractivity contribution is 7.85. The van der Waals surface area contributed by atoms with E-state index in [0.29, 0.717) is 23.6 Å². The van der Waals surface area contributed by atoms with Crippen molar-refractivity contribution in [3.63, 3.8) is 0 Å². The Morgan fingerprint density at radius 2 is 1.88 bits per heavy atom. The monoisotopic (exact) mass is 484 g/mol. The molecule has 3 aromatic rings. The van der Waals surface area contributed by atoms with Crippen LogP contribution in [0.3, 0.4) is 0 Å². The van der Waals surface area contributed by atoms with E-state index in [1.165, 1.54) is 4.90 Å². The van der Waals surface area contributed by atoms with Crippen LogP contribution < -0.4 is 9.64 Å². The van der Waals surface area contributed by atoms with E-state index in [-0.39, 0.29) is 19.1 Å². The van der Waals surface area contributed by atoms with Gasteiger partial charge in [0.2, 0.25) is 0 Å². The lowest BCUT2D eigenvalue weighted by Crippen LogP contribution is -2.36. The highest BCUT2D eigenvalue weighted by atomic mass is 32.2. The summed E-state index contributed by atoms with van der Waals surface area (Å²) in [7, 11) is -3.66. The number of fused-ring (bicyclic) bond motifs is 3. The zero-order chi connectivity index (χ0) is 24.5. The second kappa shape index (κ2) is 9.23. The van der Waals surface area contributed by atoms with Crippen LogP contribution in [-0.4, -0.2) is 44.5 Å². The Bertz CT molecular complexity index is 1300. The number of hydrogen-bond donors (Lipinski definition) is 0. The van der Waals surface area contributed by atoms with Crippen LogP contribution in [0.5, 0.6) is 5.75 Å². The molecule has 0 N–H and O–H groups in total. The molecule has 1 atom stereocenters. The molecule has 1 amide bonds. The van der Waals surface area contributed by atoms with Gasteiger partial charge in [0.25, 0.3) is 10.1 Å². The lowest BCUT2D eigenvalue weighted by molar-refractivity contribution is 0.0581. The minimum atomic E-state index is -3.66. The summed E-state index contributed by atoms with van der Waals surface area (Å²) in [6.45, 7) is 5.84. The quantitative estimate of drug-likeness (QED) is 0.471. The molecule has 0 bridgehead atoms. The van der Waals surface area contributed by atoms with E-state index in [9.17, 15) is 13.2 Å². The number of aromatic nitrogens is 1. The molecule has 2 heterocycles. The molecule has 0 fully saturated rings. The first-order valence-electron chi connectivity index (χ1n) is 10.9. The van der Waals surface area contributed by atoms with E-state index in [2.05, 4.69) is 4.98 Å². The molecule has 9 heteroatoms. The third-order valence-corrected chi connectivity index (χ3v) is 5.88. The van der Waals surface area contributed by atoms with Gasteiger partial charge < -0.3 is 9.47 Å². The summed E-state index contributed by atoms with van der Waals surface area (Å²) in [6, 6.07) is 15.2. The Morgan fingerprint density at radius 1 is 1.15 bits per heavy atom. The molecule has 2 aromatic carbocycles. The molecule has 0 radical (unpaired) electrons. The van der Waals surface area contributed by atoms with Crippen LogP contribution in [0.25, 0.3) is 10.9 Å². The fourth-order valence-corrected chi connectivity index (χ4v) is 4.38. The number of rotatable bonds is 6. The first-order chi connectivity index (χ1) is 16.0. The van der Waals surface area contributed by atoms with Gasteiger partial charge in [-0.3, -0.25) is 14.1 Å². The van der Waals surface area contributed by atoms with Crippen LogP contribution in [0.2, 0.25) is 0 Å². The molecule has 1 unspecified atom stereocenters. The van der Waals surface area contributed by atoms with Crippen molar-refractivity contribution in [1.29, 1.82) is 0 Å². The van der Waals surface area contributed by atoms with Gasteiger partial charge in [-0.2, -0.15) is 8.42 Å². The molecule has 1 aromatic heterocycles. The number of hydrogen-bond acceptors (Lipinski definition) is 7. The number of anilines is 1. The van der Waals surface area contributed by atoms with Crippen molar-refractivity contribution < 1.29 is 26.9 Å². The number of carbonyl (C=O) groups excluding carboxylic acids is 1. The lowest BCUT2D eigenvalue weighted by atomic mass is 9.97. The molecule has 0 spiro atoms. The highest BCUT2D eigenvalue weighted by Crippen LogP contribution is 2.45. The maximum absolute atomic E-state index is 13.1. The summed E-state index contributed by atoms with van der Waals surface area (Å²) in [5.74, 6) is 0.142. The summed E-state index contributed by atoms with van der Waals surface area (Å²) in [5, 5.41) is 0.774. The fraction of sp³-hybridized carbons (Fsp3) is 0.360. The van der Waals surface area contributed by atoms with Crippen molar-refractivity contribution in [3.05, 3.63) is 65.9 Å². The predicted molar refractivity (Wildman–Crippen MR) is 130 cm³/mol. The van der Waals surface area contributed by atoms with Crippen LogP contribution in [-0.2, 0) is 25.6 Å². The van der Waals surface area contributed by atoms with E-state index in [4.69, 9.17) is 13.7 Å². The maximum Gasteiger partial charge on any atom is 0.414 e. The van der Waals surface area contributed by atoms with Gasteiger partial charge in [0, 0.05) is 30.1 Å². The van der Waals surface area contributed by atoms with Crippen molar-refractivity contribution in [3.8, 4) is 5.75 Å². The normalized spacial score (nSPS) is 15.9. The molecule has 180 valence electrons. The Hall–Kier alpha value is -3.17. The molecule has 0 aliphatic carbocycles. The minimum Gasteiger partial charge on any atom is -0.487 e. The Labute approximate surface area is 199 Å². The number of ether oxygens (including phenoxy) is 2. The van der Waals surface area contributed by atoms with Gasteiger partial charge in [0.05, 0.1) is 18.6 Å². The third kappa shape index (κ3) is 5.48. The van der Waals surface area contributed by atoms with Gasteiger partial charge in [-0.25, -0.2) is 4.79 Å².